The monoisotopic (exact) mass is 360 g/mol. The lowest BCUT2D eigenvalue weighted by molar-refractivity contribution is 0.0750. The molecule has 138 valence electrons. The maximum atomic E-state index is 13.0. The lowest BCUT2D eigenvalue weighted by Crippen LogP contribution is -2.45. The number of piperidine rings is 1. The number of para-hydroxylation sites is 1. The highest BCUT2D eigenvalue weighted by Gasteiger charge is 2.21. The Balaban J connectivity index is 1.70. The van der Waals surface area contributed by atoms with Crippen molar-refractivity contribution >= 4 is 5.91 Å². The van der Waals surface area contributed by atoms with Gasteiger partial charge in [0.05, 0.1) is 11.3 Å². The molecule has 4 rings (SSSR count). The van der Waals surface area contributed by atoms with Gasteiger partial charge in [0.1, 0.15) is 5.69 Å². The summed E-state index contributed by atoms with van der Waals surface area (Å²) in [5.41, 5.74) is 7.41. The fourth-order valence-electron chi connectivity index (χ4n) is 3.39. The molecule has 0 bridgehead atoms. The molecule has 1 N–H and O–H groups in total. The third kappa shape index (κ3) is 3.93. The van der Waals surface area contributed by atoms with Gasteiger partial charge in [0.15, 0.2) is 0 Å². The van der Waals surface area contributed by atoms with E-state index in [9.17, 15) is 4.79 Å². The van der Waals surface area contributed by atoms with Crippen LogP contribution in [0.25, 0.3) is 16.9 Å². The van der Waals surface area contributed by atoms with Crippen LogP contribution in [0.2, 0.25) is 0 Å². The third-order valence-electron chi connectivity index (χ3n) is 4.92. The number of aryl methyl sites for hydroxylation is 1. The van der Waals surface area contributed by atoms with Gasteiger partial charge in [-0.3, -0.25) is 10.2 Å². The van der Waals surface area contributed by atoms with Crippen LogP contribution in [-0.2, 0) is 0 Å². The molecule has 0 aliphatic carbocycles. The zero-order chi connectivity index (χ0) is 18.6. The molecule has 2 aromatic carbocycles. The van der Waals surface area contributed by atoms with E-state index in [2.05, 4.69) is 12.3 Å². The maximum Gasteiger partial charge on any atom is 0.269 e. The summed E-state index contributed by atoms with van der Waals surface area (Å²) < 4.78 is 1.78. The Morgan fingerprint density at radius 3 is 2.37 bits per heavy atom. The number of rotatable bonds is 4. The SMILES string of the molecule is Cc1ccc(-c2nn(-c3ccccc3)cc2C(=O)NN2CCCCC2)cc1. The summed E-state index contributed by atoms with van der Waals surface area (Å²) in [7, 11) is 0. The first-order chi connectivity index (χ1) is 13.2. The molecule has 5 nitrogen and oxygen atoms in total. The standard InChI is InChI=1S/C22H24N4O/c1-17-10-12-18(13-11-17)21-20(22(27)24-25-14-6-3-7-15-25)16-26(23-21)19-8-4-2-5-9-19/h2,4-5,8-13,16H,3,6-7,14-15H2,1H3,(H,24,27). The molecular weight excluding hydrogens is 336 g/mol. The molecule has 0 spiro atoms. The number of nitrogens with one attached hydrogen (secondary N) is 1. The van der Waals surface area contributed by atoms with Crippen LogP contribution >= 0.6 is 0 Å². The molecular formula is C22H24N4O. The van der Waals surface area contributed by atoms with Gasteiger partial charge in [0.25, 0.3) is 5.91 Å². The average Bonchev–Trinajstić information content (AvgIpc) is 3.16. The number of hydrazine groups is 1. The van der Waals surface area contributed by atoms with E-state index in [1.807, 2.05) is 65.8 Å². The summed E-state index contributed by atoms with van der Waals surface area (Å²) in [4.78, 5) is 13.0. The van der Waals surface area contributed by atoms with Crippen molar-refractivity contribution in [3.63, 3.8) is 0 Å². The summed E-state index contributed by atoms with van der Waals surface area (Å²) >= 11 is 0. The first-order valence-corrected chi connectivity index (χ1v) is 9.49. The van der Waals surface area contributed by atoms with Crippen molar-refractivity contribution in [3.8, 4) is 16.9 Å². The predicted molar refractivity (Wildman–Crippen MR) is 107 cm³/mol. The number of amides is 1. The molecule has 1 aromatic heterocycles. The number of aromatic nitrogens is 2. The Labute approximate surface area is 159 Å². The van der Waals surface area contributed by atoms with E-state index < -0.39 is 0 Å². The normalized spacial score (nSPS) is 14.9. The zero-order valence-corrected chi connectivity index (χ0v) is 15.6. The molecule has 2 heterocycles. The minimum absolute atomic E-state index is 0.102. The van der Waals surface area contributed by atoms with Crippen LogP contribution in [0.4, 0.5) is 0 Å². The first kappa shape index (κ1) is 17.5. The van der Waals surface area contributed by atoms with Crippen LogP contribution in [0.1, 0.15) is 35.2 Å². The molecule has 0 atom stereocenters. The van der Waals surface area contributed by atoms with E-state index in [4.69, 9.17) is 5.10 Å². The van der Waals surface area contributed by atoms with Crippen LogP contribution in [0.3, 0.4) is 0 Å². The van der Waals surface area contributed by atoms with Gasteiger partial charge < -0.3 is 0 Å². The Morgan fingerprint density at radius 1 is 0.963 bits per heavy atom. The average molecular weight is 360 g/mol. The highest BCUT2D eigenvalue weighted by Crippen LogP contribution is 2.24. The van der Waals surface area contributed by atoms with Crippen LogP contribution < -0.4 is 5.43 Å². The summed E-state index contributed by atoms with van der Waals surface area (Å²) in [5, 5.41) is 6.75. The highest BCUT2D eigenvalue weighted by atomic mass is 16.2. The third-order valence-corrected chi connectivity index (χ3v) is 4.92. The van der Waals surface area contributed by atoms with E-state index in [0.29, 0.717) is 11.3 Å². The molecule has 1 aliphatic heterocycles. The van der Waals surface area contributed by atoms with Crippen LogP contribution in [-0.4, -0.2) is 33.8 Å². The second-order valence-electron chi connectivity index (χ2n) is 7.03. The molecule has 0 unspecified atom stereocenters. The lowest BCUT2D eigenvalue weighted by atomic mass is 10.1. The minimum Gasteiger partial charge on any atom is -0.285 e. The van der Waals surface area contributed by atoms with E-state index in [0.717, 1.165) is 37.2 Å². The molecule has 3 aromatic rings. The first-order valence-electron chi connectivity index (χ1n) is 9.49. The molecule has 5 heteroatoms. The quantitative estimate of drug-likeness (QED) is 0.766. The van der Waals surface area contributed by atoms with E-state index in [1.54, 1.807) is 4.68 Å². The van der Waals surface area contributed by atoms with Crippen LogP contribution in [0, 0.1) is 6.92 Å². The number of carbonyl (C=O) groups is 1. The van der Waals surface area contributed by atoms with Gasteiger partial charge in [0, 0.05) is 24.8 Å². The van der Waals surface area contributed by atoms with Gasteiger partial charge in [-0.1, -0.05) is 54.4 Å². The number of benzene rings is 2. The smallest absolute Gasteiger partial charge is 0.269 e. The maximum absolute atomic E-state index is 13.0. The fraction of sp³-hybridized carbons (Fsp3) is 0.273. The molecule has 1 amide bonds. The Morgan fingerprint density at radius 2 is 1.67 bits per heavy atom. The van der Waals surface area contributed by atoms with E-state index >= 15 is 0 Å². The lowest BCUT2D eigenvalue weighted by Gasteiger charge is -2.26. The topological polar surface area (TPSA) is 50.2 Å². The Hall–Kier alpha value is -2.92. The van der Waals surface area contributed by atoms with E-state index in [1.165, 1.54) is 12.0 Å². The Kier molecular flexibility index (Phi) is 5.03. The second kappa shape index (κ2) is 7.76. The van der Waals surface area contributed by atoms with Gasteiger partial charge >= 0.3 is 0 Å². The summed E-state index contributed by atoms with van der Waals surface area (Å²) in [5.74, 6) is -0.102. The number of nitrogens with zero attached hydrogens (tertiary/aromatic N) is 3. The van der Waals surface area contributed by atoms with E-state index in [-0.39, 0.29) is 5.91 Å². The van der Waals surface area contributed by atoms with Gasteiger partial charge in [-0.15, -0.1) is 0 Å². The van der Waals surface area contributed by atoms with Gasteiger partial charge in [-0.25, -0.2) is 9.69 Å². The van der Waals surface area contributed by atoms with Crippen molar-refractivity contribution in [3.05, 3.63) is 71.9 Å². The number of carbonyl (C=O) groups excluding carboxylic acids is 1. The molecule has 0 radical (unpaired) electrons. The van der Waals surface area contributed by atoms with Crippen LogP contribution in [0.5, 0.6) is 0 Å². The highest BCUT2D eigenvalue weighted by molar-refractivity contribution is 5.99. The van der Waals surface area contributed by atoms with Gasteiger partial charge in [0.2, 0.25) is 0 Å². The number of hydrogen-bond acceptors (Lipinski definition) is 3. The summed E-state index contributed by atoms with van der Waals surface area (Å²) in [6.07, 6.45) is 5.29. The van der Waals surface area contributed by atoms with Crippen molar-refractivity contribution < 1.29 is 4.79 Å². The minimum atomic E-state index is -0.102. The summed E-state index contributed by atoms with van der Waals surface area (Å²) in [6.45, 7) is 3.85. The predicted octanol–water partition coefficient (Wildman–Crippen LogP) is 3.98. The van der Waals surface area contributed by atoms with Crippen molar-refractivity contribution in [2.75, 3.05) is 13.1 Å². The largest absolute Gasteiger partial charge is 0.285 e. The number of hydrogen-bond donors (Lipinski definition) is 1. The second-order valence-corrected chi connectivity index (χ2v) is 7.03. The van der Waals surface area contributed by atoms with Gasteiger partial charge in [-0.2, -0.15) is 5.10 Å². The zero-order valence-electron chi connectivity index (χ0n) is 15.6. The van der Waals surface area contributed by atoms with Crippen molar-refractivity contribution in [2.24, 2.45) is 0 Å². The Bertz CT molecular complexity index is 909. The van der Waals surface area contributed by atoms with Crippen molar-refractivity contribution in [1.29, 1.82) is 0 Å². The summed E-state index contributed by atoms with van der Waals surface area (Å²) in [6, 6.07) is 18.0. The fourth-order valence-corrected chi connectivity index (χ4v) is 3.39. The molecule has 27 heavy (non-hydrogen) atoms. The van der Waals surface area contributed by atoms with Gasteiger partial charge in [-0.05, 0) is 31.9 Å². The van der Waals surface area contributed by atoms with Crippen LogP contribution in [0.15, 0.2) is 60.8 Å². The molecule has 1 aliphatic rings. The molecule has 0 saturated carbocycles. The van der Waals surface area contributed by atoms with Crippen molar-refractivity contribution in [1.82, 2.24) is 20.2 Å². The molecule has 1 fully saturated rings. The van der Waals surface area contributed by atoms with Crippen molar-refractivity contribution in [2.45, 2.75) is 26.2 Å². The molecule has 1 saturated heterocycles.